The Labute approximate surface area is 193 Å². The number of thiazole rings is 1. The van der Waals surface area contributed by atoms with Gasteiger partial charge in [0.15, 0.2) is 10.3 Å². The standard InChI is InChI=1S/C24H21FN4OS2/c1-16(30)28(21-10-6-5-9-20(21)25)24-27-18(15-32-24)14-31-23-26-13-22(29(23)19-11-12-19)17-7-3-2-4-8-17/h2-10,13,15,19H,11-12,14H2,1H3. The van der Waals surface area contributed by atoms with Crippen LogP contribution in [-0.4, -0.2) is 20.4 Å². The van der Waals surface area contributed by atoms with Crippen LogP contribution in [0.2, 0.25) is 0 Å². The lowest BCUT2D eigenvalue weighted by Crippen LogP contribution is -2.23. The molecule has 0 unspecified atom stereocenters. The Morgan fingerprint density at radius 1 is 1.19 bits per heavy atom. The van der Waals surface area contributed by atoms with Crippen molar-refractivity contribution in [1.29, 1.82) is 0 Å². The summed E-state index contributed by atoms with van der Waals surface area (Å²) in [5.41, 5.74) is 3.35. The summed E-state index contributed by atoms with van der Waals surface area (Å²) in [5, 5.41) is 3.36. The molecule has 0 aliphatic heterocycles. The predicted molar refractivity (Wildman–Crippen MR) is 127 cm³/mol. The van der Waals surface area contributed by atoms with Crippen LogP contribution in [0, 0.1) is 5.82 Å². The molecular formula is C24H21FN4OS2. The van der Waals surface area contributed by atoms with Crippen LogP contribution in [0.5, 0.6) is 0 Å². The van der Waals surface area contributed by atoms with Crippen LogP contribution >= 0.6 is 23.1 Å². The van der Waals surface area contributed by atoms with Crippen molar-refractivity contribution in [2.75, 3.05) is 4.90 Å². The topological polar surface area (TPSA) is 51.0 Å². The first-order valence-corrected chi connectivity index (χ1v) is 12.2. The summed E-state index contributed by atoms with van der Waals surface area (Å²) in [7, 11) is 0. The molecule has 2 aromatic carbocycles. The fourth-order valence-electron chi connectivity index (χ4n) is 3.60. The summed E-state index contributed by atoms with van der Waals surface area (Å²) in [6, 6.07) is 17.1. The molecule has 0 bridgehead atoms. The monoisotopic (exact) mass is 464 g/mol. The SMILES string of the molecule is CC(=O)N(c1nc(CSc2ncc(-c3ccccc3)n2C2CC2)cs1)c1ccccc1F. The van der Waals surface area contributed by atoms with Gasteiger partial charge in [0.2, 0.25) is 5.91 Å². The van der Waals surface area contributed by atoms with E-state index < -0.39 is 5.82 Å². The number of imidazole rings is 1. The number of anilines is 2. The molecular weight excluding hydrogens is 443 g/mol. The summed E-state index contributed by atoms with van der Waals surface area (Å²) in [5.74, 6) is -0.105. The number of hydrogen-bond acceptors (Lipinski definition) is 5. The lowest BCUT2D eigenvalue weighted by Gasteiger charge is -2.18. The third kappa shape index (κ3) is 4.20. The normalized spacial score (nSPS) is 13.3. The zero-order chi connectivity index (χ0) is 22.1. The van der Waals surface area contributed by atoms with Gasteiger partial charge in [-0.15, -0.1) is 11.3 Å². The van der Waals surface area contributed by atoms with Crippen LogP contribution in [0.1, 0.15) is 31.5 Å². The minimum absolute atomic E-state index is 0.213. The van der Waals surface area contributed by atoms with E-state index in [4.69, 9.17) is 0 Å². The Balaban J connectivity index is 1.36. The molecule has 1 aliphatic rings. The maximum Gasteiger partial charge on any atom is 0.230 e. The van der Waals surface area contributed by atoms with E-state index in [-0.39, 0.29) is 11.6 Å². The van der Waals surface area contributed by atoms with E-state index in [0.717, 1.165) is 22.1 Å². The van der Waals surface area contributed by atoms with Gasteiger partial charge in [-0.3, -0.25) is 9.69 Å². The van der Waals surface area contributed by atoms with Crippen LogP contribution in [0.15, 0.2) is 71.3 Å². The molecule has 32 heavy (non-hydrogen) atoms. The van der Waals surface area contributed by atoms with Crippen molar-refractivity contribution in [3.8, 4) is 11.3 Å². The molecule has 0 radical (unpaired) electrons. The Morgan fingerprint density at radius 2 is 1.94 bits per heavy atom. The fourth-order valence-corrected chi connectivity index (χ4v) is 5.53. The summed E-state index contributed by atoms with van der Waals surface area (Å²) in [6.07, 6.45) is 4.28. The van der Waals surface area contributed by atoms with Gasteiger partial charge in [0.1, 0.15) is 5.82 Å². The summed E-state index contributed by atoms with van der Waals surface area (Å²) in [6.45, 7) is 1.42. The molecule has 0 saturated heterocycles. The molecule has 0 atom stereocenters. The van der Waals surface area contributed by atoms with Crippen molar-refractivity contribution in [3.63, 3.8) is 0 Å². The van der Waals surface area contributed by atoms with Gasteiger partial charge in [-0.25, -0.2) is 14.4 Å². The van der Waals surface area contributed by atoms with Crippen molar-refractivity contribution in [1.82, 2.24) is 14.5 Å². The highest BCUT2D eigenvalue weighted by Crippen LogP contribution is 2.42. The molecule has 1 amide bonds. The largest absolute Gasteiger partial charge is 0.316 e. The maximum absolute atomic E-state index is 14.3. The highest BCUT2D eigenvalue weighted by Gasteiger charge is 2.29. The van der Waals surface area contributed by atoms with Crippen molar-refractivity contribution in [2.24, 2.45) is 0 Å². The maximum atomic E-state index is 14.3. The lowest BCUT2D eigenvalue weighted by atomic mass is 10.2. The number of para-hydroxylation sites is 1. The molecule has 1 saturated carbocycles. The molecule has 162 valence electrons. The first kappa shape index (κ1) is 20.9. The molecule has 4 aromatic rings. The second kappa shape index (κ2) is 8.88. The number of carbonyl (C=O) groups is 1. The number of carbonyl (C=O) groups excluding carboxylic acids is 1. The fraction of sp³-hybridized carbons (Fsp3) is 0.208. The van der Waals surface area contributed by atoms with Gasteiger partial charge < -0.3 is 4.57 Å². The summed E-state index contributed by atoms with van der Waals surface area (Å²) >= 11 is 2.97. The van der Waals surface area contributed by atoms with Crippen molar-refractivity contribution in [2.45, 2.75) is 36.7 Å². The predicted octanol–water partition coefficient (Wildman–Crippen LogP) is 6.46. The highest BCUT2D eigenvalue weighted by atomic mass is 32.2. The van der Waals surface area contributed by atoms with Gasteiger partial charge >= 0.3 is 0 Å². The number of amides is 1. The average Bonchev–Trinajstić information content (AvgIpc) is 3.38. The number of thioether (sulfide) groups is 1. The van der Waals surface area contributed by atoms with Crippen LogP contribution in [0.25, 0.3) is 11.3 Å². The Hall–Kier alpha value is -2.97. The van der Waals surface area contributed by atoms with Crippen LogP contribution in [0.3, 0.4) is 0 Å². The molecule has 5 rings (SSSR count). The number of rotatable bonds is 7. The molecule has 2 aromatic heterocycles. The van der Waals surface area contributed by atoms with Gasteiger partial charge in [0, 0.05) is 24.1 Å². The quantitative estimate of drug-likeness (QED) is 0.295. The molecule has 0 spiro atoms. The van der Waals surface area contributed by atoms with Gasteiger partial charge in [0.25, 0.3) is 0 Å². The number of hydrogen-bond donors (Lipinski definition) is 0. The van der Waals surface area contributed by atoms with Crippen LogP contribution < -0.4 is 4.90 Å². The zero-order valence-corrected chi connectivity index (χ0v) is 19.1. The van der Waals surface area contributed by atoms with E-state index in [1.54, 1.807) is 30.0 Å². The Morgan fingerprint density at radius 3 is 2.66 bits per heavy atom. The van der Waals surface area contributed by atoms with Gasteiger partial charge in [-0.1, -0.05) is 54.2 Å². The van der Waals surface area contributed by atoms with E-state index >= 15 is 0 Å². The van der Waals surface area contributed by atoms with E-state index in [0.29, 0.717) is 16.9 Å². The first-order valence-electron chi connectivity index (χ1n) is 10.4. The second-order valence-corrected chi connectivity index (χ2v) is 9.39. The minimum Gasteiger partial charge on any atom is -0.316 e. The first-order chi connectivity index (χ1) is 15.6. The van der Waals surface area contributed by atoms with E-state index in [1.807, 2.05) is 29.8 Å². The third-order valence-electron chi connectivity index (χ3n) is 5.23. The van der Waals surface area contributed by atoms with Crippen LogP contribution in [-0.2, 0) is 10.5 Å². The summed E-state index contributed by atoms with van der Waals surface area (Å²) < 4.78 is 16.6. The number of aromatic nitrogens is 3. The van der Waals surface area contributed by atoms with E-state index in [2.05, 4.69) is 26.7 Å². The van der Waals surface area contributed by atoms with E-state index in [1.165, 1.54) is 42.1 Å². The smallest absolute Gasteiger partial charge is 0.230 e. The minimum atomic E-state index is -0.450. The molecule has 1 fully saturated rings. The van der Waals surface area contributed by atoms with Crippen molar-refractivity contribution in [3.05, 3.63) is 77.7 Å². The van der Waals surface area contributed by atoms with Gasteiger partial charge in [0.05, 0.1) is 23.3 Å². The second-order valence-electron chi connectivity index (χ2n) is 7.61. The zero-order valence-electron chi connectivity index (χ0n) is 17.4. The molecule has 2 heterocycles. The number of benzene rings is 2. The summed E-state index contributed by atoms with van der Waals surface area (Å²) in [4.78, 5) is 22.9. The Bertz CT molecular complexity index is 1250. The molecule has 1 aliphatic carbocycles. The van der Waals surface area contributed by atoms with Gasteiger partial charge in [-0.05, 0) is 30.5 Å². The average molecular weight is 465 g/mol. The third-order valence-corrected chi connectivity index (χ3v) is 7.11. The number of nitrogens with zero attached hydrogens (tertiary/aromatic N) is 4. The highest BCUT2D eigenvalue weighted by molar-refractivity contribution is 7.98. The van der Waals surface area contributed by atoms with Gasteiger partial charge in [-0.2, -0.15) is 0 Å². The molecule has 8 heteroatoms. The van der Waals surface area contributed by atoms with E-state index in [9.17, 15) is 9.18 Å². The molecule has 0 N–H and O–H groups in total. The molecule has 5 nitrogen and oxygen atoms in total. The van der Waals surface area contributed by atoms with Crippen molar-refractivity contribution >= 4 is 39.8 Å². The lowest BCUT2D eigenvalue weighted by molar-refractivity contribution is -0.115. The van der Waals surface area contributed by atoms with Crippen molar-refractivity contribution < 1.29 is 9.18 Å². The number of halogens is 1. The van der Waals surface area contributed by atoms with Crippen LogP contribution in [0.4, 0.5) is 15.2 Å². The Kier molecular flexibility index (Phi) is 5.80.